The average molecular weight is 229 g/mol. The predicted octanol–water partition coefficient (Wildman–Crippen LogP) is 2.38. The molecule has 1 saturated carbocycles. The maximum absolute atomic E-state index is 5.73. The SMILES string of the molecule is ClCc1nnnn1CCC1CCCCC1. The zero-order chi connectivity index (χ0) is 10.5. The van der Waals surface area contributed by atoms with Gasteiger partial charge in [0.15, 0.2) is 5.82 Å². The van der Waals surface area contributed by atoms with Gasteiger partial charge in [-0.2, -0.15) is 0 Å². The summed E-state index contributed by atoms with van der Waals surface area (Å²) in [5, 5.41) is 11.4. The fraction of sp³-hybridized carbons (Fsp3) is 0.900. The second-order valence-electron chi connectivity index (χ2n) is 4.24. The Morgan fingerprint density at radius 3 is 2.80 bits per heavy atom. The molecule has 1 aromatic heterocycles. The molecule has 0 spiro atoms. The normalized spacial score (nSPS) is 18.2. The van der Waals surface area contributed by atoms with E-state index in [0.717, 1.165) is 18.3 Å². The molecule has 1 aliphatic carbocycles. The Morgan fingerprint density at radius 1 is 1.27 bits per heavy atom. The number of halogens is 1. The molecular weight excluding hydrogens is 212 g/mol. The number of nitrogens with zero attached hydrogens (tertiary/aromatic N) is 4. The summed E-state index contributed by atoms with van der Waals surface area (Å²) in [6.45, 7) is 0.916. The van der Waals surface area contributed by atoms with Crippen molar-refractivity contribution in [3.8, 4) is 0 Å². The molecular formula is C10H17ClN4. The first-order chi connectivity index (χ1) is 7.40. The van der Waals surface area contributed by atoms with Crippen molar-refractivity contribution in [1.29, 1.82) is 0 Å². The first-order valence-electron chi connectivity index (χ1n) is 5.71. The largest absolute Gasteiger partial charge is 0.228 e. The van der Waals surface area contributed by atoms with Gasteiger partial charge in [-0.15, -0.1) is 16.7 Å². The number of hydrogen-bond acceptors (Lipinski definition) is 3. The summed E-state index contributed by atoms with van der Waals surface area (Å²) >= 11 is 5.73. The average Bonchev–Trinajstić information content (AvgIpc) is 2.75. The van der Waals surface area contributed by atoms with Crippen LogP contribution in [0, 0.1) is 5.92 Å². The van der Waals surface area contributed by atoms with E-state index in [4.69, 9.17) is 11.6 Å². The van der Waals surface area contributed by atoms with E-state index in [-0.39, 0.29) is 0 Å². The molecule has 2 rings (SSSR count). The third kappa shape index (κ3) is 2.91. The van der Waals surface area contributed by atoms with Crippen LogP contribution < -0.4 is 0 Å². The number of rotatable bonds is 4. The topological polar surface area (TPSA) is 43.6 Å². The maximum Gasteiger partial charge on any atom is 0.165 e. The van der Waals surface area contributed by atoms with E-state index < -0.39 is 0 Å². The molecule has 0 aliphatic heterocycles. The van der Waals surface area contributed by atoms with Crippen LogP contribution in [0.2, 0.25) is 0 Å². The van der Waals surface area contributed by atoms with Crippen molar-refractivity contribution in [2.24, 2.45) is 5.92 Å². The highest BCUT2D eigenvalue weighted by atomic mass is 35.5. The number of aromatic nitrogens is 4. The lowest BCUT2D eigenvalue weighted by atomic mass is 9.87. The minimum atomic E-state index is 0.400. The predicted molar refractivity (Wildman–Crippen MR) is 58.6 cm³/mol. The smallest absolute Gasteiger partial charge is 0.165 e. The van der Waals surface area contributed by atoms with Gasteiger partial charge in [0.05, 0.1) is 5.88 Å². The Hall–Kier alpha value is -0.640. The monoisotopic (exact) mass is 228 g/mol. The van der Waals surface area contributed by atoms with Gasteiger partial charge in [0, 0.05) is 6.54 Å². The standard InChI is InChI=1S/C10H17ClN4/c11-8-10-12-13-14-15(10)7-6-9-4-2-1-3-5-9/h9H,1-8H2. The zero-order valence-corrected chi connectivity index (χ0v) is 9.66. The Labute approximate surface area is 95.0 Å². The van der Waals surface area contributed by atoms with E-state index in [1.165, 1.54) is 38.5 Å². The summed E-state index contributed by atoms with van der Waals surface area (Å²) in [7, 11) is 0. The van der Waals surface area contributed by atoms with E-state index in [9.17, 15) is 0 Å². The van der Waals surface area contributed by atoms with Crippen LogP contribution in [0.3, 0.4) is 0 Å². The molecule has 0 atom stereocenters. The number of tetrazole rings is 1. The summed E-state index contributed by atoms with van der Waals surface area (Å²) in [6, 6.07) is 0. The lowest BCUT2D eigenvalue weighted by Crippen LogP contribution is -2.12. The van der Waals surface area contributed by atoms with Crippen LogP contribution in [0.15, 0.2) is 0 Å². The van der Waals surface area contributed by atoms with Gasteiger partial charge in [-0.05, 0) is 22.8 Å². The van der Waals surface area contributed by atoms with Crippen LogP contribution in [0.4, 0.5) is 0 Å². The molecule has 0 amide bonds. The molecule has 1 aliphatic rings. The van der Waals surface area contributed by atoms with E-state index in [0.29, 0.717) is 5.88 Å². The van der Waals surface area contributed by atoms with Gasteiger partial charge in [0.1, 0.15) is 0 Å². The Morgan fingerprint density at radius 2 is 2.07 bits per heavy atom. The van der Waals surface area contributed by atoms with Gasteiger partial charge in [-0.25, -0.2) is 4.68 Å². The third-order valence-corrected chi connectivity index (χ3v) is 3.44. The highest BCUT2D eigenvalue weighted by Crippen LogP contribution is 2.26. The van der Waals surface area contributed by atoms with Crippen LogP contribution in [-0.4, -0.2) is 20.2 Å². The fourth-order valence-electron chi connectivity index (χ4n) is 2.27. The van der Waals surface area contributed by atoms with Crippen molar-refractivity contribution in [2.75, 3.05) is 0 Å². The Balaban J connectivity index is 1.81. The van der Waals surface area contributed by atoms with Crippen LogP contribution >= 0.6 is 11.6 Å². The summed E-state index contributed by atoms with van der Waals surface area (Å²) in [5.41, 5.74) is 0. The second kappa shape index (κ2) is 5.45. The molecule has 1 aromatic rings. The number of alkyl halides is 1. The first kappa shape index (κ1) is 10.9. The molecule has 5 heteroatoms. The summed E-state index contributed by atoms with van der Waals surface area (Å²) in [6.07, 6.45) is 8.13. The Bertz CT molecular complexity index is 293. The van der Waals surface area contributed by atoms with Gasteiger partial charge in [0.2, 0.25) is 0 Å². The molecule has 0 saturated heterocycles. The summed E-state index contributed by atoms with van der Waals surface area (Å²) < 4.78 is 1.83. The number of hydrogen-bond donors (Lipinski definition) is 0. The molecule has 84 valence electrons. The van der Waals surface area contributed by atoms with Gasteiger partial charge in [0.25, 0.3) is 0 Å². The third-order valence-electron chi connectivity index (χ3n) is 3.20. The summed E-state index contributed by atoms with van der Waals surface area (Å²) in [5.74, 6) is 2.05. The van der Waals surface area contributed by atoms with Crippen LogP contribution in [0.5, 0.6) is 0 Å². The van der Waals surface area contributed by atoms with Crippen molar-refractivity contribution in [3.05, 3.63) is 5.82 Å². The van der Waals surface area contributed by atoms with E-state index in [1.54, 1.807) is 0 Å². The van der Waals surface area contributed by atoms with Gasteiger partial charge >= 0.3 is 0 Å². The van der Waals surface area contributed by atoms with Crippen LogP contribution in [0.25, 0.3) is 0 Å². The fourth-order valence-corrected chi connectivity index (χ4v) is 2.46. The molecule has 4 nitrogen and oxygen atoms in total. The lowest BCUT2D eigenvalue weighted by molar-refractivity contribution is 0.316. The second-order valence-corrected chi connectivity index (χ2v) is 4.51. The molecule has 0 aromatic carbocycles. The maximum atomic E-state index is 5.73. The minimum Gasteiger partial charge on any atom is -0.228 e. The first-order valence-corrected chi connectivity index (χ1v) is 6.24. The minimum absolute atomic E-state index is 0.400. The van der Waals surface area contributed by atoms with Crippen LogP contribution in [-0.2, 0) is 12.4 Å². The summed E-state index contributed by atoms with van der Waals surface area (Å²) in [4.78, 5) is 0. The Kier molecular flexibility index (Phi) is 3.94. The quantitative estimate of drug-likeness (QED) is 0.744. The zero-order valence-electron chi connectivity index (χ0n) is 8.90. The highest BCUT2D eigenvalue weighted by molar-refractivity contribution is 6.16. The van der Waals surface area contributed by atoms with Gasteiger partial charge < -0.3 is 0 Å². The molecule has 0 unspecified atom stereocenters. The molecule has 0 radical (unpaired) electrons. The molecule has 1 fully saturated rings. The molecule has 0 N–H and O–H groups in total. The van der Waals surface area contributed by atoms with Crippen molar-refractivity contribution in [3.63, 3.8) is 0 Å². The van der Waals surface area contributed by atoms with Crippen molar-refractivity contribution < 1.29 is 0 Å². The molecule has 1 heterocycles. The van der Waals surface area contributed by atoms with Gasteiger partial charge in [-0.3, -0.25) is 0 Å². The van der Waals surface area contributed by atoms with Crippen LogP contribution in [0.1, 0.15) is 44.3 Å². The number of aryl methyl sites for hydroxylation is 1. The van der Waals surface area contributed by atoms with E-state index in [1.807, 2.05) is 4.68 Å². The lowest BCUT2D eigenvalue weighted by Gasteiger charge is -2.21. The van der Waals surface area contributed by atoms with E-state index in [2.05, 4.69) is 15.5 Å². The van der Waals surface area contributed by atoms with Crippen molar-refractivity contribution >= 4 is 11.6 Å². The van der Waals surface area contributed by atoms with Crippen molar-refractivity contribution in [1.82, 2.24) is 20.2 Å². The highest BCUT2D eigenvalue weighted by Gasteiger charge is 2.14. The van der Waals surface area contributed by atoms with Crippen molar-refractivity contribution in [2.45, 2.75) is 50.9 Å². The van der Waals surface area contributed by atoms with E-state index >= 15 is 0 Å². The molecule has 0 bridgehead atoms. The van der Waals surface area contributed by atoms with Gasteiger partial charge in [-0.1, -0.05) is 32.1 Å². The molecule has 15 heavy (non-hydrogen) atoms.